The molecule has 0 aliphatic rings. The molecule has 0 aliphatic carbocycles. The first-order valence-electron chi connectivity index (χ1n) is 6.69. The van der Waals surface area contributed by atoms with Gasteiger partial charge in [-0.2, -0.15) is 0 Å². The fourth-order valence-electron chi connectivity index (χ4n) is 2.46. The Kier molecular flexibility index (Phi) is 4.17. The van der Waals surface area contributed by atoms with Crippen LogP contribution < -0.4 is 4.74 Å². The van der Waals surface area contributed by atoms with Gasteiger partial charge in [-0.3, -0.25) is 0 Å². The van der Waals surface area contributed by atoms with Crippen LogP contribution >= 0.6 is 0 Å². The third-order valence-electron chi connectivity index (χ3n) is 3.45. The smallest absolute Gasteiger partial charge is 0.328 e. The Bertz CT molecular complexity index is 711. The highest BCUT2D eigenvalue weighted by molar-refractivity contribution is 5.85. The number of carboxylic acids is 1. The monoisotopic (exact) mass is 285 g/mol. The molecule has 2 aromatic rings. The van der Waals surface area contributed by atoms with E-state index >= 15 is 0 Å². The first kappa shape index (κ1) is 14.9. The standard InChI is InChI=1S/C17H19NO3/c1-11-5-7-16(21-4)15(9-11)18-12(2)10-14(13(18)3)6-8-17(19)20/h5-10H,1-4H3,(H,19,20). The van der Waals surface area contributed by atoms with Gasteiger partial charge < -0.3 is 14.4 Å². The van der Waals surface area contributed by atoms with Crippen LogP contribution in [-0.4, -0.2) is 22.8 Å². The number of rotatable bonds is 4. The van der Waals surface area contributed by atoms with Crippen molar-refractivity contribution in [2.75, 3.05) is 7.11 Å². The van der Waals surface area contributed by atoms with Gasteiger partial charge in [0.2, 0.25) is 0 Å². The molecule has 1 aromatic heterocycles. The number of ether oxygens (including phenoxy) is 1. The summed E-state index contributed by atoms with van der Waals surface area (Å²) in [6.45, 7) is 5.99. The van der Waals surface area contributed by atoms with Gasteiger partial charge in [0, 0.05) is 17.5 Å². The van der Waals surface area contributed by atoms with E-state index in [2.05, 4.69) is 10.6 Å². The van der Waals surface area contributed by atoms with Crippen molar-refractivity contribution in [2.45, 2.75) is 20.8 Å². The van der Waals surface area contributed by atoms with Gasteiger partial charge in [-0.25, -0.2) is 4.79 Å². The van der Waals surface area contributed by atoms with E-state index in [4.69, 9.17) is 9.84 Å². The van der Waals surface area contributed by atoms with Crippen molar-refractivity contribution in [3.8, 4) is 11.4 Å². The third-order valence-corrected chi connectivity index (χ3v) is 3.45. The largest absolute Gasteiger partial charge is 0.495 e. The number of benzene rings is 1. The molecule has 1 heterocycles. The van der Waals surface area contributed by atoms with Gasteiger partial charge in [-0.1, -0.05) is 6.07 Å². The quantitative estimate of drug-likeness (QED) is 0.875. The molecule has 0 fully saturated rings. The van der Waals surface area contributed by atoms with Crippen molar-refractivity contribution in [3.05, 3.63) is 52.9 Å². The first-order valence-corrected chi connectivity index (χ1v) is 6.69. The molecule has 2 rings (SSSR count). The van der Waals surface area contributed by atoms with E-state index in [-0.39, 0.29) is 0 Å². The molecule has 0 bridgehead atoms. The lowest BCUT2D eigenvalue weighted by molar-refractivity contribution is -0.131. The topological polar surface area (TPSA) is 51.5 Å². The predicted molar refractivity (Wildman–Crippen MR) is 83.2 cm³/mol. The molecule has 0 saturated heterocycles. The van der Waals surface area contributed by atoms with Gasteiger partial charge in [0.15, 0.2) is 0 Å². The molecule has 110 valence electrons. The van der Waals surface area contributed by atoms with E-state index in [1.54, 1.807) is 13.2 Å². The maximum absolute atomic E-state index is 10.7. The average Bonchev–Trinajstić information content (AvgIpc) is 2.71. The first-order chi connectivity index (χ1) is 9.93. The van der Waals surface area contributed by atoms with E-state index in [1.165, 1.54) is 0 Å². The van der Waals surface area contributed by atoms with Crippen LogP contribution in [0.4, 0.5) is 0 Å². The molecule has 0 unspecified atom stereocenters. The molecule has 21 heavy (non-hydrogen) atoms. The van der Waals surface area contributed by atoms with Crippen LogP contribution in [-0.2, 0) is 4.79 Å². The SMILES string of the molecule is COc1ccc(C)cc1-n1c(C)cc(C=CC(=O)O)c1C. The number of carbonyl (C=O) groups is 1. The number of hydrogen-bond acceptors (Lipinski definition) is 2. The van der Waals surface area contributed by atoms with E-state index in [1.807, 2.05) is 39.0 Å². The maximum atomic E-state index is 10.7. The Balaban J connectivity index is 2.60. The minimum absolute atomic E-state index is 0.788. The number of carboxylic acid groups (broad SMARTS) is 1. The number of methoxy groups -OCH3 is 1. The van der Waals surface area contributed by atoms with Crippen LogP contribution in [0, 0.1) is 20.8 Å². The summed E-state index contributed by atoms with van der Waals surface area (Å²) in [6.07, 6.45) is 2.77. The lowest BCUT2D eigenvalue weighted by atomic mass is 10.2. The Morgan fingerprint density at radius 1 is 1.24 bits per heavy atom. The minimum Gasteiger partial charge on any atom is -0.495 e. The molecule has 1 aromatic carbocycles. The van der Waals surface area contributed by atoms with E-state index in [9.17, 15) is 4.79 Å². The summed E-state index contributed by atoms with van der Waals surface area (Å²) in [5.41, 5.74) is 5.00. The molecular weight excluding hydrogens is 266 g/mol. The van der Waals surface area contributed by atoms with Gasteiger partial charge in [0.25, 0.3) is 0 Å². The van der Waals surface area contributed by atoms with E-state index in [0.29, 0.717) is 0 Å². The van der Waals surface area contributed by atoms with Crippen molar-refractivity contribution < 1.29 is 14.6 Å². The second kappa shape index (κ2) is 5.87. The third kappa shape index (κ3) is 2.99. The zero-order valence-corrected chi connectivity index (χ0v) is 12.7. The van der Waals surface area contributed by atoms with Crippen molar-refractivity contribution in [2.24, 2.45) is 0 Å². The summed E-state index contributed by atoms with van der Waals surface area (Å²) in [7, 11) is 1.65. The van der Waals surface area contributed by atoms with Gasteiger partial charge in [-0.05, 0) is 56.2 Å². The Morgan fingerprint density at radius 3 is 2.57 bits per heavy atom. The number of aliphatic carboxylic acids is 1. The van der Waals surface area contributed by atoms with E-state index in [0.717, 1.165) is 40.0 Å². The van der Waals surface area contributed by atoms with Gasteiger partial charge in [-0.15, -0.1) is 0 Å². The zero-order chi connectivity index (χ0) is 15.6. The van der Waals surface area contributed by atoms with Crippen LogP contribution in [0.2, 0.25) is 0 Å². The second-order valence-electron chi connectivity index (χ2n) is 5.01. The molecule has 1 N–H and O–H groups in total. The number of aryl methyl sites for hydroxylation is 2. The average molecular weight is 285 g/mol. The highest BCUT2D eigenvalue weighted by Crippen LogP contribution is 2.29. The van der Waals surface area contributed by atoms with Crippen LogP contribution in [0.1, 0.15) is 22.5 Å². The summed E-state index contributed by atoms with van der Waals surface area (Å²) in [5, 5.41) is 8.76. The highest BCUT2D eigenvalue weighted by Gasteiger charge is 2.13. The normalized spacial score (nSPS) is 11.0. The summed E-state index contributed by atoms with van der Waals surface area (Å²) < 4.78 is 7.52. The van der Waals surface area contributed by atoms with Crippen LogP contribution in [0.25, 0.3) is 11.8 Å². The summed E-state index contributed by atoms with van der Waals surface area (Å²) in [6, 6.07) is 7.97. The molecule has 0 spiro atoms. The molecule has 4 nitrogen and oxygen atoms in total. The van der Waals surface area contributed by atoms with Gasteiger partial charge >= 0.3 is 5.97 Å². The molecule has 0 aliphatic heterocycles. The zero-order valence-electron chi connectivity index (χ0n) is 12.7. The maximum Gasteiger partial charge on any atom is 0.328 e. The Hall–Kier alpha value is -2.49. The fourth-order valence-corrected chi connectivity index (χ4v) is 2.46. The lowest BCUT2D eigenvalue weighted by Crippen LogP contribution is -2.02. The van der Waals surface area contributed by atoms with Gasteiger partial charge in [0.05, 0.1) is 12.8 Å². The van der Waals surface area contributed by atoms with E-state index < -0.39 is 5.97 Å². The second-order valence-corrected chi connectivity index (χ2v) is 5.01. The van der Waals surface area contributed by atoms with Crippen LogP contribution in [0.3, 0.4) is 0 Å². The molecule has 0 atom stereocenters. The number of aromatic nitrogens is 1. The Morgan fingerprint density at radius 2 is 1.95 bits per heavy atom. The van der Waals surface area contributed by atoms with Crippen molar-refractivity contribution in [1.29, 1.82) is 0 Å². The molecule has 4 heteroatoms. The molecule has 0 radical (unpaired) electrons. The minimum atomic E-state index is -0.951. The number of nitrogens with zero attached hydrogens (tertiary/aromatic N) is 1. The van der Waals surface area contributed by atoms with Crippen molar-refractivity contribution in [3.63, 3.8) is 0 Å². The van der Waals surface area contributed by atoms with Crippen molar-refractivity contribution >= 4 is 12.0 Å². The summed E-state index contributed by atoms with van der Waals surface area (Å²) in [4.78, 5) is 10.7. The Labute approximate surface area is 124 Å². The molecular formula is C17H19NO3. The molecule has 0 saturated carbocycles. The van der Waals surface area contributed by atoms with Crippen molar-refractivity contribution in [1.82, 2.24) is 4.57 Å². The summed E-state index contributed by atoms with van der Waals surface area (Å²) >= 11 is 0. The summed E-state index contributed by atoms with van der Waals surface area (Å²) in [5.74, 6) is -0.163. The molecule has 0 amide bonds. The van der Waals surface area contributed by atoms with Crippen LogP contribution in [0.15, 0.2) is 30.3 Å². The fraction of sp³-hybridized carbons (Fsp3) is 0.235. The van der Waals surface area contributed by atoms with Crippen LogP contribution in [0.5, 0.6) is 5.75 Å². The highest BCUT2D eigenvalue weighted by atomic mass is 16.5. The van der Waals surface area contributed by atoms with Gasteiger partial charge in [0.1, 0.15) is 5.75 Å². The lowest BCUT2D eigenvalue weighted by Gasteiger charge is -2.14. The number of hydrogen-bond donors (Lipinski definition) is 1. The predicted octanol–water partition coefficient (Wildman–Crippen LogP) is 3.51.